The molecule has 0 saturated heterocycles. The summed E-state index contributed by atoms with van der Waals surface area (Å²) in [5.41, 5.74) is 2.15. The number of nitrogens with zero attached hydrogens (tertiary/aromatic N) is 1. The van der Waals surface area contributed by atoms with E-state index in [9.17, 15) is 0 Å². The van der Waals surface area contributed by atoms with Gasteiger partial charge in [0.1, 0.15) is 0 Å². The van der Waals surface area contributed by atoms with E-state index in [0.717, 1.165) is 22.2 Å². The van der Waals surface area contributed by atoms with Crippen molar-refractivity contribution >= 4 is 38.3 Å². The number of rotatable bonds is 3. The van der Waals surface area contributed by atoms with Crippen LogP contribution in [0.25, 0.3) is 10.8 Å². The van der Waals surface area contributed by atoms with Crippen molar-refractivity contribution in [3.63, 3.8) is 0 Å². The standard InChI is InChI=1S/C17H13BrClN/c18-15-7-6-12-9-14(5-4-13(12)10-15)17(19)11-16-3-1-2-8-20-16/h1-10,17H,11H2. The fourth-order valence-corrected chi connectivity index (χ4v) is 2.92. The largest absolute Gasteiger partial charge is 0.261 e. The van der Waals surface area contributed by atoms with E-state index in [1.807, 2.05) is 24.3 Å². The van der Waals surface area contributed by atoms with Crippen molar-refractivity contribution in [2.24, 2.45) is 0 Å². The zero-order valence-electron chi connectivity index (χ0n) is 10.8. The van der Waals surface area contributed by atoms with Crippen LogP contribution in [0.1, 0.15) is 16.6 Å². The van der Waals surface area contributed by atoms with Gasteiger partial charge in [-0.25, -0.2) is 0 Å². The first kappa shape index (κ1) is 13.6. The first-order valence-corrected chi connectivity index (χ1v) is 7.68. The first-order chi connectivity index (χ1) is 9.72. The van der Waals surface area contributed by atoms with Crippen LogP contribution in [0.2, 0.25) is 0 Å². The van der Waals surface area contributed by atoms with Crippen molar-refractivity contribution in [3.8, 4) is 0 Å². The topological polar surface area (TPSA) is 12.9 Å². The number of pyridine rings is 1. The summed E-state index contributed by atoms with van der Waals surface area (Å²) in [6.07, 6.45) is 2.54. The van der Waals surface area contributed by atoms with Crippen LogP contribution in [0.15, 0.2) is 65.3 Å². The molecule has 1 atom stereocenters. The van der Waals surface area contributed by atoms with Crippen molar-refractivity contribution in [1.29, 1.82) is 0 Å². The summed E-state index contributed by atoms with van der Waals surface area (Å²) in [6, 6.07) is 18.5. The highest BCUT2D eigenvalue weighted by molar-refractivity contribution is 9.10. The molecular weight excluding hydrogens is 334 g/mol. The van der Waals surface area contributed by atoms with Gasteiger partial charge in [0.15, 0.2) is 0 Å². The predicted molar refractivity (Wildman–Crippen MR) is 88.2 cm³/mol. The van der Waals surface area contributed by atoms with Gasteiger partial charge >= 0.3 is 0 Å². The van der Waals surface area contributed by atoms with E-state index < -0.39 is 0 Å². The molecule has 1 aromatic heterocycles. The van der Waals surface area contributed by atoms with Crippen molar-refractivity contribution < 1.29 is 0 Å². The molecule has 0 aliphatic heterocycles. The summed E-state index contributed by atoms with van der Waals surface area (Å²) in [7, 11) is 0. The Balaban J connectivity index is 1.88. The summed E-state index contributed by atoms with van der Waals surface area (Å²) in [5.74, 6) is 0. The summed E-state index contributed by atoms with van der Waals surface area (Å²) in [5, 5.41) is 2.36. The highest BCUT2D eigenvalue weighted by atomic mass is 79.9. The first-order valence-electron chi connectivity index (χ1n) is 6.45. The molecule has 3 rings (SSSR count). The third-order valence-corrected chi connectivity index (χ3v) is 4.20. The van der Waals surface area contributed by atoms with Gasteiger partial charge in [0, 0.05) is 22.8 Å². The molecule has 100 valence electrons. The number of halogens is 2. The Morgan fingerprint density at radius 1 is 1.00 bits per heavy atom. The van der Waals surface area contributed by atoms with Crippen molar-refractivity contribution in [2.45, 2.75) is 11.8 Å². The van der Waals surface area contributed by atoms with Crippen LogP contribution < -0.4 is 0 Å². The van der Waals surface area contributed by atoms with E-state index >= 15 is 0 Å². The zero-order valence-corrected chi connectivity index (χ0v) is 13.1. The molecule has 0 bridgehead atoms. The van der Waals surface area contributed by atoms with Crippen LogP contribution in [-0.2, 0) is 6.42 Å². The van der Waals surface area contributed by atoms with Gasteiger partial charge in [0.05, 0.1) is 5.38 Å². The maximum absolute atomic E-state index is 6.52. The Labute approximate surface area is 131 Å². The molecule has 0 saturated carbocycles. The predicted octanol–water partition coefficient (Wildman–Crippen LogP) is 5.52. The van der Waals surface area contributed by atoms with Crippen LogP contribution in [0, 0.1) is 0 Å². The second kappa shape index (κ2) is 5.94. The number of benzene rings is 2. The van der Waals surface area contributed by atoms with Crippen molar-refractivity contribution in [3.05, 3.63) is 76.5 Å². The second-order valence-electron chi connectivity index (χ2n) is 4.74. The summed E-state index contributed by atoms with van der Waals surface area (Å²) in [6.45, 7) is 0. The second-order valence-corrected chi connectivity index (χ2v) is 6.19. The summed E-state index contributed by atoms with van der Waals surface area (Å²) >= 11 is 10.0. The minimum Gasteiger partial charge on any atom is -0.261 e. The molecule has 0 spiro atoms. The van der Waals surface area contributed by atoms with E-state index in [1.54, 1.807) is 6.20 Å². The molecule has 3 heteroatoms. The molecule has 1 unspecified atom stereocenters. The smallest absolute Gasteiger partial charge is 0.0640 e. The van der Waals surface area contributed by atoms with Crippen molar-refractivity contribution in [2.75, 3.05) is 0 Å². The molecule has 0 fully saturated rings. The average Bonchev–Trinajstić information content (AvgIpc) is 2.47. The van der Waals surface area contributed by atoms with Gasteiger partial charge in [-0.15, -0.1) is 11.6 Å². The Kier molecular flexibility index (Phi) is 4.04. The van der Waals surface area contributed by atoms with Gasteiger partial charge in [-0.1, -0.05) is 40.2 Å². The Morgan fingerprint density at radius 2 is 1.80 bits per heavy atom. The van der Waals surface area contributed by atoms with Crippen LogP contribution in [0.3, 0.4) is 0 Å². The quantitative estimate of drug-likeness (QED) is 0.569. The fraction of sp³-hybridized carbons (Fsp3) is 0.118. The van der Waals surface area contributed by atoms with Gasteiger partial charge in [-0.2, -0.15) is 0 Å². The van der Waals surface area contributed by atoms with Gasteiger partial charge in [-0.05, 0) is 46.7 Å². The molecule has 0 amide bonds. The lowest BCUT2D eigenvalue weighted by Gasteiger charge is -2.10. The molecular formula is C17H13BrClN. The highest BCUT2D eigenvalue weighted by Crippen LogP contribution is 2.28. The number of hydrogen-bond donors (Lipinski definition) is 0. The number of alkyl halides is 1. The molecule has 3 aromatic rings. The van der Waals surface area contributed by atoms with E-state index in [4.69, 9.17) is 11.6 Å². The molecule has 1 nitrogen and oxygen atoms in total. The SMILES string of the molecule is ClC(Cc1ccccn1)c1ccc2cc(Br)ccc2c1. The maximum Gasteiger partial charge on any atom is 0.0640 e. The number of aromatic nitrogens is 1. The lowest BCUT2D eigenvalue weighted by atomic mass is 10.0. The van der Waals surface area contributed by atoms with Crippen LogP contribution in [0.5, 0.6) is 0 Å². The summed E-state index contributed by atoms with van der Waals surface area (Å²) < 4.78 is 1.09. The molecule has 0 aliphatic rings. The molecule has 0 N–H and O–H groups in total. The third-order valence-electron chi connectivity index (χ3n) is 3.30. The Bertz CT molecular complexity index is 727. The van der Waals surface area contributed by atoms with Gasteiger partial charge in [0.25, 0.3) is 0 Å². The van der Waals surface area contributed by atoms with Gasteiger partial charge in [0.2, 0.25) is 0 Å². The third kappa shape index (κ3) is 3.02. The van der Waals surface area contributed by atoms with Gasteiger partial charge in [-0.3, -0.25) is 4.98 Å². The zero-order chi connectivity index (χ0) is 13.9. The van der Waals surface area contributed by atoms with Gasteiger partial charge < -0.3 is 0 Å². The average molecular weight is 347 g/mol. The monoisotopic (exact) mass is 345 g/mol. The Hall–Kier alpha value is -1.38. The minimum absolute atomic E-state index is 0.0575. The Morgan fingerprint density at radius 3 is 2.60 bits per heavy atom. The van der Waals surface area contributed by atoms with Crippen molar-refractivity contribution in [1.82, 2.24) is 4.98 Å². The number of fused-ring (bicyclic) bond motifs is 1. The summed E-state index contributed by atoms with van der Waals surface area (Å²) in [4.78, 5) is 4.33. The van der Waals surface area contributed by atoms with E-state index in [-0.39, 0.29) is 5.38 Å². The maximum atomic E-state index is 6.52. The van der Waals surface area contributed by atoms with E-state index in [1.165, 1.54) is 10.8 Å². The van der Waals surface area contributed by atoms with Crippen LogP contribution in [-0.4, -0.2) is 4.98 Å². The lowest BCUT2D eigenvalue weighted by Crippen LogP contribution is -1.97. The normalized spacial score (nSPS) is 12.5. The highest BCUT2D eigenvalue weighted by Gasteiger charge is 2.10. The van der Waals surface area contributed by atoms with Crippen LogP contribution in [0.4, 0.5) is 0 Å². The molecule has 0 aliphatic carbocycles. The lowest BCUT2D eigenvalue weighted by molar-refractivity contribution is 0.882. The fourth-order valence-electron chi connectivity index (χ4n) is 2.25. The molecule has 20 heavy (non-hydrogen) atoms. The molecule has 0 radical (unpaired) electrons. The van der Waals surface area contributed by atoms with Crippen LogP contribution >= 0.6 is 27.5 Å². The molecule has 1 heterocycles. The minimum atomic E-state index is -0.0575. The molecule has 2 aromatic carbocycles. The van der Waals surface area contributed by atoms with E-state index in [2.05, 4.69) is 51.2 Å². The van der Waals surface area contributed by atoms with E-state index in [0.29, 0.717) is 0 Å². The number of hydrogen-bond acceptors (Lipinski definition) is 1.